The third-order valence-electron chi connectivity index (χ3n) is 4.29. The minimum absolute atomic E-state index is 0.0758. The third-order valence-corrected chi connectivity index (χ3v) is 6.20. The molecule has 0 amide bonds. The summed E-state index contributed by atoms with van der Waals surface area (Å²) in [5, 5.41) is 6.60. The Morgan fingerprint density at radius 2 is 2.38 bits per heavy atom. The zero-order valence-corrected chi connectivity index (χ0v) is 14.8. The van der Waals surface area contributed by atoms with E-state index >= 15 is 0 Å². The minimum atomic E-state index is 0.0758. The first-order valence-electron chi connectivity index (χ1n) is 7.41. The van der Waals surface area contributed by atoms with Gasteiger partial charge in [0, 0.05) is 17.8 Å². The van der Waals surface area contributed by atoms with Crippen molar-refractivity contribution in [1.29, 1.82) is 0 Å². The van der Waals surface area contributed by atoms with Crippen LogP contribution in [0.2, 0.25) is 0 Å². The van der Waals surface area contributed by atoms with Crippen LogP contribution in [0, 0.1) is 0 Å². The van der Waals surface area contributed by atoms with E-state index in [4.69, 9.17) is 0 Å². The van der Waals surface area contributed by atoms with Crippen LogP contribution in [-0.4, -0.2) is 15.6 Å². The largest absolute Gasteiger partial charge is 0.299 e. The van der Waals surface area contributed by atoms with Crippen LogP contribution >= 0.6 is 27.3 Å². The quantitative estimate of drug-likeness (QED) is 0.818. The highest BCUT2D eigenvalue weighted by atomic mass is 79.9. The highest BCUT2D eigenvalue weighted by Crippen LogP contribution is 2.36. The average molecular weight is 367 g/mol. The molecule has 0 aliphatic heterocycles. The summed E-state index contributed by atoms with van der Waals surface area (Å²) in [5.74, 6) is 0.396. The first-order valence-corrected chi connectivity index (χ1v) is 9.08. The lowest BCUT2D eigenvalue weighted by Gasteiger charge is -2.21. The summed E-state index contributed by atoms with van der Waals surface area (Å²) in [7, 11) is 1.92. The second-order valence-corrected chi connectivity index (χ2v) is 7.37. The van der Waals surface area contributed by atoms with Gasteiger partial charge in [0.2, 0.25) is 0 Å². The zero-order chi connectivity index (χ0) is 15.0. The van der Waals surface area contributed by atoms with Crippen LogP contribution < -0.4 is 0 Å². The van der Waals surface area contributed by atoms with Gasteiger partial charge in [-0.3, -0.25) is 9.48 Å². The molecule has 3 rings (SSSR count). The maximum atomic E-state index is 12.8. The standard InChI is InChI=1S/C16H19BrN2OS/c1-3-12-16(17)13(19(2)18-12)9-14(20)10-5-4-6-15-11(10)7-8-21-15/h7-8,10H,3-6,9H2,1-2H3. The van der Waals surface area contributed by atoms with Crippen molar-refractivity contribution >= 4 is 33.0 Å². The number of Topliss-reactive ketones (excluding diaryl/α,β-unsaturated/α-hetero) is 1. The Balaban J connectivity index is 1.84. The Morgan fingerprint density at radius 1 is 1.57 bits per heavy atom. The predicted molar refractivity (Wildman–Crippen MR) is 89.0 cm³/mol. The molecule has 0 radical (unpaired) electrons. The van der Waals surface area contributed by atoms with Crippen LogP contribution in [-0.2, 0) is 31.1 Å². The number of aromatic nitrogens is 2. The lowest BCUT2D eigenvalue weighted by Crippen LogP contribution is -2.20. The molecule has 0 bridgehead atoms. The van der Waals surface area contributed by atoms with Gasteiger partial charge in [-0.2, -0.15) is 5.10 Å². The molecule has 1 atom stereocenters. The van der Waals surface area contributed by atoms with Crippen LogP contribution in [0.15, 0.2) is 15.9 Å². The Kier molecular flexibility index (Phi) is 4.31. The second kappa shape index (κ2) is 6.05. The first kappa shape index (κ1) is 15.0. The third kappa shape index (κ3) is 2.73. The summed E-state index contributed by atoms with van der Waals surface area (Å²) in [6.07, 6.45) is 4.58. The number of hydrogen-bond donors (Lipinski definition) is 0. The van der Waals surface area contributed by atoms with Gasteiger partial charge < -0.3 is 0 Å². The molecule has 3 nitrogen and oxygen atoms in total. The molecule has 0 saturated carbocycles. The first-order chi connectivity index (χ1) is 10.1. The van der Waals surface area contributed by atoms with Crippen LogP contribution in [0.5, 0.6) is 0 Å². The molecule has 1 unspecified atom stereocenters. The number of halogens is 1. The molecule has 2 aromatic rings. The Labute approximate surface area is 137 Å². The van der Waals surface area contributed by atoms with E-state index in [1.165, 1.54) is 10.4 Å². The van der Waals surface area contributed by atoms with Gasteiger partial charge in [0.15, 0.2) is 0 Å². The maximum Gasteiger partial charge on any atom is 0.146 e. The molecule has 112 valence electrons. The van der Waals surface area contributed by atoms with Crippen molar-refractivity contribution in [2.24, 2.45) is 7.05 Å². The van der Waals surface area contributed by atoms with Gasteiger partial charge in [-0.15, -0.1) is 11.3 Å². The zero-order valence-electron chi connectivity index (χ0n) is 12.4. The molecule has 0 saturated heterocycles. The van der Waals surface area contributed by atoms with Crippen molar-refractivity contribution in [2.45, 2.75) is 44.9 Å². The fourth-order valence-electron chi connectivity index (χ4n) is 3.12. The van der Waals surface area contributed by atoms with Gasteiger partial charge in [0.25, 0.3) is 0 Å². The molecular weight excluding hydrogens is 348 g/mol. The van der Waals surface area contributed by atoms with E-state index in [2.05, 4.69) is 39.4 Å². The van der Waals surface area contributed by atoms with E-state index in [0.29, 0.717) is 12.2 Å². The number of thiophene rings is 1. The number of carbonyl (C=O) groups excluding carboxylic acids is 1. The van der Waals surface area contributed by atoms with E-state index in [-0.39, 0.29) is 5.92 Å². The molecule has 2 aromatic heterocycles. The van der Waals surface area contributed by atoms with Crippen molar-refractivity contribution in [3.05, 3.63) is 37.7 Å². The van der Waals surface area contributed by atoms with E-state index in [1.807, 2.05) is 11.7 Å². The smallest absolute Gasteiger partial charge is 0.146 e. The number of carbonyl (C=O) groups is 1. The lowest BCUT2D eigenvalue weighted by atomic mass is 9.83. The molecule has 2 heterocycles. The number of nitrogens with zero attached hydrogens (tertiary/aromatic N) is 2. The monoisotopic (exact) mass is 366 g/mol. The molecule has 0 N–H and O–H groups in total. The number of rotatable bonds is 4. The van der Waals surface area contributed by atoms with Crippen molar-refractivity contribution < 1.29 is 4.79 Å². The summed E-state index contributed by atoms with van der Waals surface area (Å²) in [6, 6.07) is 2.14. The average Bonchev–Trinajstić information content (AvgIpc) is 3.06. The summed E-state index contributed by atoms with van der Waals surface area (Å²) >= 11 is 5.39. The van der Waals surface area contributed by atoms with Crippen LogP contribution in [0.3, 0.4) is 0 Å². The molecule has 0 aromatic carbocycles. The summed E-state index contributed by atoms with van der Waals surface area (Å²) in [5.41, 5.74) is 3.30. The highest BCUT2D eigenvalue weighted by molar-refractivity contribution is 9.10. The van der Waals surface area contributed by atoms with Crippen molar-refractivity contribution in [3.8, 4) is 0 Å². The van der Waals surface area contributed by atoms with Crippen LogP contribution in [0.4, 0.5) is 0 Å². The number of hydrogen-bond acceptors (Lipinski definition) is 3. The molecule has 5 heteroatoms. The van der Waals surface area contributed by atoms with Gasteiger partial charge in [-0.05, 0) is 58.6 Å². The maximum absolute atomic E-state index is 12.8. The summed E-state index contributed by atoms with van der Waals surface area (Å²) in [4.78, 5) is 14.2. The van der Waals surface area contributed by atoms with Gasteiger partial charge in [0.05, 0.1) is 22.3 Å². The Hall–Kier alpha value is -0.940. The van der Waals surface area contributed by atoms with Crippen molar-refractivity contribution in [1.82, 2.24) is 9.78 Å². The van der Waals surface area contributed by atoms with E-state index < -0.39 is 0 Å². The fraction of sp³-hybridized carbons (Fsp3) is 0.500. The summed E-state index contributed by atoms with van der Waals surface area (Å²) < 4.78 is 2.85. The summed E-state index contributed by atoms with van der Waals surface area (Å²) in [6.45, 7) is 2.08. The van der Waals surface area contributed by atoms with Crippen LogP contribution in [0.1, 0.15) is 47.5 Å². The number of fused-ring (bicyclic) bond motifs is 1. The number of aryl methyl sites for hydroxylation is 3. The van der Waals surface area contributed by atoms with Gasteiger partial charge in [-0.1, -0.05) is 6.92 Å². The topological polar surface area (TPSA) is 34.9 Å². The van der Waals surface area contributed by atoms with Gasteiger partial charge >= 0.3 is 0 Å². The Bertz CT molecular complexity index is 674. The molecule has 1 aliphatic carbocycles. The SMILES string of the molecule is CCc1nn(C)c(CC(=O)C2CCCc3sccc32)c1Br. The van der Waals surface area contributed by atoms with Crippen LogP contribution in [0.25, 0.3) is 0 Å². The van der Waals surface area contributed by atoms with Gasteiger partial charge in [0.1, 0.15) is 5.78 Å². The number of ketones is 1. The molecule has 1 aliphatic rings. The second-order valence-electron chi connectivity index (χ2n) is 5.57. The molecule has 21 heavy (non-hydrogen) atoms. The normalized spacial score (nSPS) is 17.8. The fourth-order valence-corrected chi connectivity index (χ4v) is 4.86. The molecule has 0 fully saturated rings. The molecule has 0 spiro atoms. The highest BCUT2D eigenvalue weighted by Gasteiger charge is 2.28. The van der Waals surface area contributed by atoms with E-state index in [0.717, 1.165) is 41.5 Å². The minimum Gasteiger partial charge on any atom is -0.299 e. The van der Waals surface area contributed by atoms with E-state index in [1.54, 1.807) is 11.3 Å². The Morgan fingerprint density at radius 3 is 3.10 bits per heavy atom. The van der Waals surface area contributed by atoms with E-state index in [9.17, 15) is 4.79 Å². The molecular formula is C16H19BrN2OS. The van der Waals surface area contributed by atoms with Crippen molar-refractivity contribution in [3.63, 3.8) is 0 Å². The van der Waals surface area contributed by atoms with Gasteiger partial charge in [-0.25, -0.2) is 0 Å². The lowest BCUT2D eigenvalue weighted by molar-refractivity contribution is -0.120. The van der Waals surface area contributed by atoms with Crippen molar-refractivity contribution in [2.75, 3.05) is 0 Å². The predicted octanol–water partition coefficient (Wildman–Crippen LogP) is 4.04.